The van der Waals surface area contributed by atoms with Gasteiger partial charge in [0, 0.05) is 5.41 Å². The Morgan fingerprint density at radius 3 is 2.27 bits per heavy atom. The van der Waals surface area contributed by atoms with Gasteiger partial charge < -0.3 is 5.11 Å². The molecule has 0 aliphatic carbocycles. The number of rotatable bonds is 3. The van der Waals surface area contributed by atoms with Crippen LogP contribution in [0.4, 0.5) is 0 Å². The largest absolute Gasteiger partial charge is 0.388 e. The van der Waals surface area contributed by atoms with Crippen molar-refractivity contribution in [1.82, 2.24) is 0 Å². The van der Waals surface area contributed by atoms with Crippen molar-refractivity contribution in [1.29, 1.82) is 0 Å². The monoisotopic (exact) mass is 154 g/mol. The first-order chi connectivity index (χ1) is 4.92. The van der Waals surface area contributed by atoms with Crippen LogP contribution in [0.3, 0.4) is 0 Å². The average molecular weight is 154 g/mol. The van der Waals surface area contributed by atoms with Gasteiger partial charge in [0.2, 0.25) is 0 Å². The van der Waals surface area contributed by atoms with Crippen LogP contribution >= 0.6 is 0 Å². The van der Waals surface area contributed by atoms with Crippen LogP contribution in [0.25, 0.3) is 0 Å². The molecule has 1 unspecified atom stereocenters. The van der Waals surface area contributed by atoms with Gasteiger partial charge in [0.25, 0.3) is 0 Å². The standard InChI is InChI=1S/C10H18O/c1-6-7-9(11)10(4,5)8(2)3/h6-7,9,11H,2H2,1,3-5H3. The molecule has 0 amide bonds. The van der Waals surface area contributed by atoms with Crippen molar-refractivity contribution in [3.8, 4) is 0 Å². The molecule has 0 heterocycles. The van der Waals surface area contributed by atoms with Crippen LogP contribution in [-0.4, -0.2) is 11.2 Å². The van der Waals surface area contributed by atoms with Crippen LogP contribution in [0.5, 0.6) is 0 Å². The van der Waals surface area contributed by atoms with Crippen LogP contribution < -0.4 is 0 Å². The second-order valence-electron chi connectivity index (χ2n) is 3.47. The Morgan fingerprint density at radius 1 is 1.55 bits per heavy atom. The third-order valence-corrected chi connectivity index (χ3v) is 2.21. The Hall–Kier alpha value is -0.560. The summed E-state index contributed by atoms with van der Waals surface area (Å²) in [6.07, 6.45) is 3.22. The van der Waals surface area contributed by atoms with E-state index >= 15 is 0 Å². The van der Waals surface area contributed by atoms with E-state index in [1.165, 1.54) is 0 Å². The van der Waals surface area contributed by atoms with Gasteiger partial charge in [0.15, 0.2) is 0 Å². The summed E-state index contributed by atoms with van der Waals surface area (Å²) in [6, 6.07) is 0. The Labute approximate surface area is 69.4 Å². The molecule has 0 aromatic rings. The van der Waals surface area contributed by atoms with E-state index in [1.54, 1.807) is 6.08 Å². The first kappa shape index (κ1) is 10.4. The molecule has 1 heteroatoms. The molecular weight excluding hydrogens is 136 g/mol. The highest BCUT2D eigenvalue weighted by atomic mass is 16.3. The van der Waals surface area contributed by atoms with Gasteiger partial charge in [-0.05, 0) is 13.8 Å². The molecule has 0 aliphatic heterocycles. The van der Waals surface area contributed by atoms with E-state index in [2.05, 4.69) is 6.58 Å². The summed E-state index contributed by atoms with van der Waals surface area (Å²) in [4.78, 5) is 0. The van der Waals surface area contributed by atoms with Gasteiger partial charge in [-0.1, -0.05) is 38.2 Å². The summed E-state index contributed by atoms with van der Waals surface area (Å²) in [6.45, 7) is 11.6. The van der Waals surface area contributed by atoms with Crippen LogP contribution in [0.15, 0.2) is 24.3 Å². The number of aliphatic hydroxyl groups is 1. The zero-order valence-corrected chi connectivity index (χ0v) is 7.89. The van der Waals surface area contributed by atoms with Gasteiger partial charge in [-0.2, -0.15) is 0 Å². The fraction of sp³-hybridized carbons (Fsp3) is 0.600. The van der Waals surface area contributed by atoms with Crippen molar-refractivity contribution in [3.63, 3.8) is 0 Å². The lowest BCUT2D eigenvalue weighted by Crippen LogP contribution is -2.28. The van der Waals surface area contributed by atoms with Gasteiger partial charge in [-0.25, -0.2) is 0 Å². The lowest BCUT2D eigenvalue weighted by Gasteiger charge is -2.28. The highest BCUT2D eigenvalue weighted by molar-refractivity contribution is 5.11. The maximum absolute atomic E-state index is 9.60. The van der Waals surface area contributed by atoms with Crippen molar-refractivity contribution in [2.24, 2.45) is 5.41 Å². The number of allylic oxidation sites excluding steroid dienone is 1. The normalized spacial score (nSPS) is 15.4. The zero-order chi connectivity index (χ0) is 9.07. The molecule has 0 saturated carbocycles. The van der Waals surface area contributed by atoms with Crippen LogP contribution in [0.2, 0.25) is 0 Å². The van der Waals surface area contributed by atoms with E-state index in [0.29, 0.717) is 0 Å². The highest BCUT2D eigenvalue weighted by Gasteiger charge is 2.25. The first-order valence-corrected chi connectivity index (χ1v) is 3.89. The van der Waals surface area contributed by atoms with Gasteiger partial charge in [-0.15, -0.1) is 0 Å². The summed E-state index contributed by atoms with van der Waals surface area (Å²) < 4.78 is 0. The quantitative estimate of drug-likeness (QED) is 0.619. The van der Waals surface area contributed by atoms with Gasteiger partial charge in [0.1, 0.15) is 0 Å². The van der Waals surface area contributed by atoms with Gasteiger partial charge in [0.05, 0.1) is 6.10 Å². The molecule has 1 nitrogen and oxygen atoms in total. The fourth-order valence-corrected chi connectivity index (χ4v) is 0.675. The molecule has 64 valence electrons. The van der Waals surface area contributed by atoms with Crippen molar-refractivity contribution in [2.45, 2.75) is 33.8 Å². The minimum atomic E-state index is -0.426. The fourth-order valence-electron chi connectivity index (χ4n) is 0.675. The molecule has 1 N–H and O–H groups in total. The van der Waals surface area contributed by atoms with Crippen LogP contribution in [0.1, 0.15) is 27.7 Å². The molecule has 0 bridgehead atoms. The average Bonchev–Trinajstić information content (AvgIpc) is 1.88. The predicted molar refractivity (Wildman–Crippen MR) is 49.4 cm³/mol. The van der Waals surface area contributed by atoms with Crippen molar-refractivity contribution < 1.29 is 5.11 Å². The van der Waals surface area contributed by atoms with Crippen LogP contribution in [-0.2, 0) is 0 Å². The molecule has 0 fully saturated rings. The van der Waals surface area contributed by atoms with E-state index in [4.69, 9.17) is 0 Å². The molecule has 0 aromatic heterocycles. The topological polar surface area (TPSA) is 20.2 Å². The molecule has 11 heavy (non-hydrogen) atoms. The molecule has 0 radical (unpaired) electrons. The second kappa shape index (κ2) is 3.72. The van der Waals surface area contributed by atoms with E-state index in [-0.39, 0.29) is 5.41 Å². The minimum Gasteiger partial charge on any atom is -0.388 e. The summed E-state index contributed by atoms with van der Waals surface area (Å²) in [5.74, 6) is 0. The molecule has 0 spiro atoms. The number of aliphatic hydroxyl groups excluding tert-OH is 1. The smallest absolute Gasteiger partial charge is 0.0808 e. The number of hydrogen-bond acceptors (Lipinski definition) is 1. The minimum absolute atomic E-state index is 0.216. The van der Waals surface area contributed by atoms with Crippen molar-refractivity contribution in [2.75, 3.05) is 0 Å². The number of hydrogen-bond donors (Lipinski definition) is 1. The Morgan fingerprint density at radius 2 is 2.00 bits per heavy atom. The summed E-state index contributed by atoms with van der Waals surface area (Å²) in [5, 5.41) is 9.60. The maximum atomic E-state index is 9.60. The Balaban J connectivity index is 4.41. The van der Waals surface area contributed by atoms with E-state index in [0.717, 1.165) is 5.57 Å². The molecule has 1 atom stereocenters. The lowest BCUT2D eigenvalue weighted by atomic mass is 9.80. The molecule has 0 rings (SSSR count). The Bertz CT molecular complexity index is 166. The Kier molecular flexibility index (Phi) is 3.53. The zero-order valence-electron chi connectivity index (χ0n) is 7.89. The molecule has 0 saturated heterocycles. The van der Waals surface area contributed by atoms with Crippen molar-refractivity contribution >= 4 is 0 Å². The van der Waals surface area contributed by atoms with E-state index in [9.17, 15) is 5.11 Å². The van der Waals surface area contributed by atoms with Crippen LogP contribution in [0, 0.1) is 5.41 Å². The first-order valence-electron chi connectivity index (χ1n) is 3.89. The highest BCUT2D eigenvalue weighted by Crippen LogP contribution is 2.29. The molecule has 0 aromatic carbocycles. The third-order valence-electron chi connectivity index (χ3n) is 2.21. The molecular formula is C10H18O. The third kappa shape index (κ3) is 2.51. The lowest BCUT2D eigenvalue weighted by molar-refractivity contribution is 0.118. The van der Waals surface area contributed by atoms with E-state index in [1.807, 2.05) is 33.8 Å². The van der Waals surface area contributed by atoms with Gasteiger partial charge in [-0.3, -0.25) is 0 Å². The second-order valence-corrected chi connectivity index (χ2v) is 3.47. The summed E-state index contributed by atoms with van der Waals surface area (Å²) >= 11 is 0. The van der Waals surface area contributed by atoms with Gasteiger partial charge >= 0.3 is 0 Å². The summed E-state index contributed by atoms with van der Waals surface area (Å²) in [7, 11) is 0. The predicted octanol–water partition coefficient (Wildman–Crippen LogP) is 2.53. The maximum Gasteiger partial charge on any atom is 0.0808 e. The SMILES string of the molecule is C=C(C)C(C)(C)C(O)C=CC. The van der Waals surface area contributed by atoms with E-state index < -0.39 is 6.10 Å². The van der Waals surface area contributed by atoms with Crippen molar-refractivity contribution in [3.05, 3.63) is 24.3 Å². The molecule has 0 aliphatic rings. The summed E-state index contributed by atoms with van der Waals surface area (Å²) in [5.41, 5.74) is 0.787.